The summed E-state index contributed by atoms with van der Waals surface area (Å²) in [6.07, 6.45) is 6.45. The number of hydrogen-bond donors (Lipinski definition) is 3. The molecule has 0 bridgehead atoms. The molecule has 3 N–H and O–H groups in total. The van der Waals surface area contributed by atoms with Crippen molar-refractivity contribution in [1.29, 1.82) is 0 Å². The summed E-state index contributed by atoms with van der Waals surface area (Å²) in [7, 11) is -2.01. The molecule has 1 fully saturated rings. The van der Waals surface area contributed by atoms with E-state index in [0.29, 0.717) is 35.4 Å². The Hall–Kier alpha value is -3.70. The first-order valence-corrected chi connectivity index (χ1v) is 13.5. The van der Waals surface area contributed by atoms with Crippen LogP contribution in [0.1, 0.15) is 47.3 Å². The van der Waals surface area contributed by atoms with E-state index in [1.807, 2.05) is 37.3 Å². The highest BCUT2D eigenvalue weighted by Gasteiger charge is 2.26. The maximum atomic E-state index is 12.8. The maximum absolute atomic E-state index is 12.8. The van der Waals surface area contributed by atoms with E-state index >= 15 is 0 Å². The van der Waals surface area contributed by atoms with Gasteiger partial charge in [0.15, 0.2) is 0 Å². The van der Waals surface area contributed by atoms with Crippen LogP contribution in [0, 0.1) is 6.92 Å². The largest absolute Gasteiger partial charge is 0.353 e. The molecular formula is C25H30N6O4S. The third-order valence-electron chi connectivity index (χ3n) is 5.82. The second kappa shape index (κ2) is 10.5. The van der Waals surface area contributed by atoms with Crippen molar-refractivity contribution in [3.8, 4) is 0 Å². The molecule has 1 aromatic carbocycles. The number of aromatic nitrogens is 2. The van der Waals surface area contributed by atoms with Crippen molar-refractivity contribution in [3.05, 3.63) is 65.6 Å². The molecule has 0 radical (unpaired) electrons. The van der Waals surface area contributed by atoms with E-state index in [1.54, 1.807) is 19.2 Å². The molecule has 0 unspecified atom stereocenters. The van der Waals surface area contributed by atoms with Crippen molar-refractivity contribution in [2.75, 3.05) is 34.8 Å². The standard InChI is InChI=1S/C25H30N6O4S/c1-5-35-30-25(32)20-15-27-24(28-19-10-6-16(2)26-14-19)13-22(20)29-21-11-9-18(17-7-8-17)12-23(21)31(3)36(4,33)34/h6,9-15,17H,5,7-8H2,1-4H3,(H,30,32)(H2,27,28,29). The van der Waals surface area contributed by atoms with Gasteiger partial charge in [-0.3, -0.25) is 18.9 Å². The van der Waals surface area contributed by atoms with Gasteiger partial charge < -0.3 is 10.6 Å². The number of sulfonamides is 1. The number of nitrogens with one attached hydrogen (secondary N) is 3. The Labute approximate surface area is 211 Å². The summed E-state index contributed by atoms with van der Waals surface area (Å²) in [5.41, 5.74) is 6.78. The zero-order valence-electron chi connectivity index (χ0n) is 20.7. The topological polar surface area (TPSA) is 126 Å². The van der Waals surface area contributed by atoms with Crippen LogP contribution in [0.5, 0.6) is 0 Å². The Morgan fingerprint density at radius 1 is 1.08 bits per heavy atom. The molecule has 36 heavy (non-hydrogen) atoms. The Balaban J connectivity index is 1.73. The van der Waals surface area contributed by atoms with Gasteiger partial charge in [0.05, 0.1) is 47.4 Å². The number of aryl methyl sites for hydroxylation is 1. The summed E-state index contributed by atoms with van der Waals surface area (Å²) in [6.45, 7) is 3.96. The van der Waals surface area contributed by atoms with Crippen LogP contribution in [-0.4, -0.2) is 44.2 Å². The Morgan fingerprint density at radius 2 is 1.86 bits per heavy atom. The van der Waals surface area contributed by atoms with E-state index in [0.717, 1.165) is 36.0 Å². The lowest BCUT2D eigenvalue weighted by Crippen LogP contribution is -2.26. The van der Waals surface area contributed by atoms with E-state index in [4.69, 9.17) is 4.84 Å². The van der Waals surface area contributed by atoms with E-state index in [1.165, 1.54) is 17.5 Å². The van der Waals surface area contributed by atoms with Crippen molar-refractivity contribution in [2.45, 2.75) is 32.6 Å². The summed E-state index contributed by atoms with van der Waals surface area (Å²) >= 11 is 0. The molecular weight excluding hydrogens is 480 g/mol. The smallest absolute Gasteiger partial charge is 0.278 e. The van der Waals surface area contributed by atoms with Crippen molar-refractivity contribution >= 4 is 44.5 Å². The van der Waals surface area contributed by atoms with Crippen LogP contribution in [0.3, 0.4) is 0 Å². The van der Waals surface area contributed by atoms with Crippen LogP contribution in [0.25, 0.3) is 0 Å². The second-order valence-electron chi connectivity index (χ2n) is 8.70. The fraction of sp³-hybridized carbons (Fsp3) is 0.320. The minimum Gasteiger partial charge on any atom is -0.353 e. The van der Waals surface area contributed by atoms with E-state index in [-0.39, 0.29) is 5.56 Å². The van der Waals surface area contributed by atoms with Crippen molar-refractivity contribution in [1.82, 2.24) is 15.4 Å². The van der Waals surface area contributed by atoms with Gasteiger partial charge in [-0.25, -0.2) is 18.9 Å². The quantitative estimate of drug-likeness (QED) is 0.346. The lowest BCUT2D eigenvalue weighted by Gasteiger charge is -2.23. The molecule has 11 heteroatoms. The van der Waals surface area contributed by atoms with Crippen LogP contribution in [0.15, 0.2) is 48.8 Å². The van der Waals surface area contributed by atoms with Gasteiger partial charge in [0.2, 0.25) is 10.0 Å². The predicted molar refractivity (Wildman–Crippen MR) is 141 cm³/mol. The van der Waals surface area contributed by atoms with Crippen molar-refractivity contribution in [3.63, 3.8) is 0 Å². The summed E-state index contributed by atoms with van der Waals surface area (Å²) in [5, 5.41) is 6.43. The zero-order chi connectivity index (χ0) is 25.9. The highest BCUT2D eigenvalue weighted by molar-refractivity contribution is 7.92. The van der Waals surface area contributed by atoms with E-state index < -0.39 is 15.9 Å². The average Bonchev–Trinajstić information content (AvgIpc) is 3.69. The lowest BCUT2D eigenvalue weighted by molar-refractivity contribution is 0.0365. The molecule has 2 aromatic heterocycles. The minimum absolute atomic E-state index is 0.232. The summed E-state index contributed by atoms with van der Waals surface area (Å²) in [6, 6.07) is 11.1. The van der Waals surface area contributed by atoms with Gasteiger partial charge >= 0.3 is 0 Å². The van der Waals surface area contributed by atoms with Crippen molar-refractivity contribution in [2.24, 2.45) is 0 Å². The normalized spacial score (nSPS) is 13.2. The number of anilines is 5. The van der Waals surface area contributed by atoms with Gasteiger partial charge in [0, 0.05) is 25.0 Å². The Bertz CT molecular complexity index is 1360. The number of hydroxylamine groups is 1. The van der Waals surface area contributed by atoms with Gasteiger partial charge in [0.25, 0.3) is 5.91 Å². The molecule has 4 rings (SSSR count). The lowest BCUT2D eigenvalue weighted by atomic mass is 10.1. The number of pyridine rings is 2. The van der Waals surface area contributed by atoms with Crippen LogP contribution in [0.4, 0.5) is 28.6 Å². The summed E-state index contributed by atoms with van der Waals surface area (Å²) < 4.78 is 26.0. The molecule has 1 saturated carbocycles. The molecule has 3 aromatic rings. The van der Waals surface area contributed by atoms with Crippen LogP contribution in [-0.2, 0) is 14.9 Å². The molecule has 0 spiro atoms. The fourth-order valence-corrected chi connectivity index (χ4v) is 4.11. The number of carbonyl (C=O) groups excluding carboxylic acids is 1. The third kappa shape index (κ3) is 6.10. The van der Waals surface area contributed by atoms with Gasteiger partial charge in [-0.05, 0) is 62.4 Å². The molecule has 1 amide bonds. The van der Waals surface area contributed by atoms with Gasteiger partial charge in [-0.1, -0.05) is 6.07 Å². The number of nitrogens with zero attached hydrogens (tertiary/aromatic N) is 3. The third-order valence-corrected chi connectivity index (χ3v) is 7.01. The average molecular weight is 511 g/mol. The Kier molecular flexibility index (Phi) is 7.41. The Morgan fingerprint density at radius 3 is 2.50 bits per heavy atom. The number of benzene rings is 1. The monoisotopic (exact) mass is 510 g/mol. The minimum atomic E-state index is -3.52. The van der Waals surface area contributed by atoms with Gasteiger partial charge in [-0.2, -0.15) is 0 Å². The van der Waals surface area contributed by atoms with Gasteiger partial charge in [-0.15, -0.1) is 0 Å². The first-order valence-electron chi connectivity index (χ1n) is 11.6. The zero-order valence-corrected chi connectivity index (χ0v) is 21.5. The van der Waals surface area contributed by atoms with Crippen LogP contribution >= 0.6 is 0 Å². The number of amides is 1. The van der Waals surface area contributed by atoms with E-state index in [9.17, 15) is 13.2 Å². The first-order chi connectivity index (χ1) is 17.2. The van der Waals surface area contributed by atoms with Crippen LogP contribution in [0.2, 0.25) is 0 Å². The first kappa shape index (κ1) is 25.4. The number of rotatable bonds is 10. The molecule has 0 atom stereocenters. The van der Waals surface area contributed by atoms with E-state index in [2.05, 4.69) is 26.1 Å². The molecule has 2 heterocycles. The maximum Gasteiger partial charge on any atom is 0.278 e. The van der Waals surface area contributed by atoms with Crippen molar-refractivity contribution < 1.29 is 18.0 Å². The molecule has 1 aliphatic carbocycles. The predicted octanol–water partition coefficient (Wildman–Crippen LogP) is 4.23. The second-order valence-corrected chi connectivity index (χ2v) is 10.7. The van der Waals surface area contributed by atoms with Crippen LogP contribution < -0.4 is 20.4 Å². The fourth-order valence-electron chi connectivity index (χ4n) is 3.60. The summed E-state index contributed by atoms with van der Waals surface area (Å²) in [5.74, 6) is 0.435. The molecule has 0 saturated heterocycles. The van der Waals surface area contributed by atoms with Gasteiger partial charge in [0.1, 0.15) is 5.82 Å². The molecule has 1 aliphatic rings. The molecule has 190 valence electrons. The highest BCUT2D eigenvalue weighted by atomic mass is 32.2. The number of carbonyl (C=O) groups is 1. The number of hydrogen-bond acceptors (Lipinski definition) is 8. The molecule has 0 aliphatic heterocycles. The summed E-state index contributed by atoms with van der Waals surface area (Å²) in [4.78, 5) is 26.5. The molecule has 10 nitrogen and oxygen atoms in total. The SMILES string of the molecule is CCONC(=O)c1cnc(Nc2ccc(C)nc2)cc1Nc1ccc(C2CC2)cc1N(C)S(C)(=O)=O. The highest BCUT2D eigenvalue weighted by Crippen LogP contribution is 2.43.